The van der Waals surface area contributed by atoms with Crippen molar-refractivity contribution >= 4 is 5.91 Å². The maximum Gasteiger partial charge on any atom is 0.289 e. The number of aliphatic hydroxyl groups excluding tert-OH is 1. The quantitative estimate of drug-likeness (QED) is 0.926. The van der Waals surface area contributed by atoms with Crippen LogP contribution in [0, 0.1) is 25.7 Å². The molecule has 1 amide bonds. The summed E-state index contributed by atoms with van der Waals surface area (Å²) in [6, 6.07) is 3.59. The largest absolute Gasteiger partial charge is 0.456 e. The highest BCUT2D eigenvalue weighted by Gasteiger charge is 2.41. The van der Waals surface area contributed by atoms with Crippen LogP contribution in [0.25, 0.3) is 0 Å². The van der Waals surface area contributed by atoms with Gasteiger partial charge in [0.05, 0.1) is 11.8 Å². The molecule has 0 aromatic carbocycles. The molecule has 3 heterocycles. The third-order valence-electron chi connectivity index (χ3n) is 5.75. The van der Waals surface area contributed by atoms with Crippen LogP contribution in [0.15, 0.2) is 21.1 Å². The lowest BCUT2D eigenvalue weighted by molar-refractivity contribution is 0.0536. The highest BCUT2D eigenvalue weighted by atomic mass is 16.5. The second-order valence-electron chi connectivity index (χ2n) is 7.38. The lowest BCUT2D eigenvalue weighted by Crippen LogP contribution is -2.32. The van der Waals surface area contributed by atoms with E-state index in [1.807, 2.05) is 24.8 Å². The van der Waals surface area contributed by atoms with E-state index in [9.17, 15) is 9.90 Å². The molecule has 6 heteroatoms. The fourth-order valence-electron chi connectivity index (χ4n) is 4.28. The number of carbonyl (C=O) groups is 1. The Balaban J connectivity index is 1.46. The number of amides is 1. The van der Waals surface area contributed by atoms with Crippen molar-refractivity contribution in [3.05, 3.63) is 40.7 Å². The van der Waals surface area contributed by atoms with Gasteiger partial charge in [0.1, 0.15) is 11.5 Å². The first-order valence-corrected chi connectivity index (χ1v) is 9.00. The van der Waals surface area contributed by atoms with Gasteiger partial charge in [0.15, 0.2) is 5.76 Å². The summed E-state index contributed by atoms with van der Waals surface area (Å²) in [5.74, 6) is 2.44. The summed E-state index contributed by atoms with van der Waals surface area (Å²) in [6.07, 6.45) is 3.29. The molecule has 2 aromatic rings. The zero-order chi connectivity index (χ0) is 17.6. The molecule has 0 bridgehead atoms. The number of furan rings is 1. The van der Waals surface area contributed by atoms with E-state index in [1.54, 1.807) is 6.07 Å². The number of hydrogen-bond donors (Lipinski definition) is 1. The maximum absolute atomic E-state index is 12.8. The lowest BCUT2D eigenvalue weighted by Gasteiger charge is -2.28. The molecule has 1 saturated heterocycles. The van der Waals surface area contributed by atoms with Gasteiger partial charge in [-0.1, -0.05) is 11.6 Å². The molecule has 0 spiro atoms. The van der Waals surface area contributed by atoms with Crippen molar-refractivity contribution in [1.82, 2.24) is 10.1 Å². The highest BCUT2D eigenvalue weighted by Crippen LogP contribution is 2.37. The number of likely N-dealkylation sites (tertiary alicyclic amines) is 1. The second kappa shape index (κ2) is 6.33. The van der Waals surface area contributed by atoms with Crippen molar-refractivity contribution in [3.63, 3.8) is 0 Å². The van der Waals surface area contributed by atoms with Crippen molar-refractivity contribution in [2.45, 2.75) is 45.6 Å². The van der Waals surface area contributed by atoms with Gasteiger partial charge in [-0.2, -0.15) is 0 Å². The topological polar surface area (TPSA) is 79.7 Å². The van der Waals surface area contributed by atoms with Gasteiger partial charge in [-0.25, -0.2) is 0 Å². The van der Waals surface area contributed by atoms with Gasteiger partial charge in [0.25, 0.3) is 5.91 Å². The van der Waals surface area contributed by atoms with E-state index in [0.717, 1.165) is 48.6 Å². The highest BCUT2D eigenvalue weighted by molar-refractivity contribution is 5.91. The SMILES string of the molecule is Cc1noc(C)c1Cc1ccc(C(=O)N2C[C@H]3CCC[C@@H](O)[C@H]3C2)o1. The van der Waals surface area contributed by atoms with Gasteiger partial charge in [0, 0.05) is 31.0 Å². The van der Waals surface area contributed by atoms with Gasteiger partial charge >= 0.3 is 0 Å². The molecule has 6 nitrogen and oxygen atoms in total. The Morgan fingerprint density at radius 2 is 2.16 bits per heavy atom. The minimum Gasteiger partial charge on any atom is -0.456 e. The molecule has 1 aliphatic heterocycles. The van der Waals surface area contributed by atoms with E-state index in [0.29, 0.717) is 24.6 Å². The van der Waals surface area contributed by atoms with Gasteiger partial charge in [-0.15, -0.1) is 0 Å². The van der Waals surface area contributed by atoms with Crippen LogP contribution in [-0.4, -0.2) is 40.3 Å². The summed E-state index contributed by atoms with van der Waals surface area (Å²) >= 11 is 0. The molecular weight excluding hydrogens is 320 g/mol. The second-order valence-corrected chi connectivity index (χ2v) is 7.38. The summed E-state index contributed by atoms with van der Waals surface area (Å²) in [5, 5.41) is 14.1. The number of carbonyl (C=O) groups excluding carboxylic acids is 1. The predicted octanol–water partition coefficient (Wildman–Crippen LogP) is 2.71. The molecule has 2 aromatic heterocycles. The fourth-order valence-corrected chi connectivity index (χ4v) is 4.28. The molecule has 4 rings (SSSR count). The molecule has 3 atom stereocenters. The smallest absolute Gasteiger partial charge is 0.289 e. The molecule has 2 fully saturated rings. The zero-order valence-corrected chi connectivity index (χ0v) is 14.7. The van der Waals surface area contributed by atoms with Crippen LogP contribution in [0.1, 0.15) is 52.6 Å². The van der Waals surface area contributed by atoms with Crippen molar-refractivity contribution in [3.8, 4) is 0 Å². The average Bonchev–Trinajstić information content (AvgIpc) is 3.30. The summed E-state index contributed by atoms with van der Waals surface area (Å²) < 4.78 is 11.0. The van der Waals surface area contributed by atoms with Crippen molar-refractivity contribution in [1.29, 1.82) is 0 Å². The Labute approximate surface area is 146 Å². The van der Waals surface area contributed by atoms with Crippen LogP contribution in [-0.2, 0) is 6.42 Å². The summed E-state index contributed by atoms with van der Waals surface area (Å²) in [6.45, 7) is 5.13. The molecule has 1 aliphatic carbocycles. The van der Waals surface area contributed by atoms with Crippen LogP contribution in [0.3, 0.4) is 0 Å². The molecular formula is C19H24N2O4. The molecule has 0 radical (unpaired) electrons. The first kappa shape index (κ1) is 16.4. The van der Waals surface area contributed by atoms with Gasteiger partial charge in [0.2, 0.25) is 0 Å². The molecule has 134 valence electrons. The number of rotatable bonds is 3. The first-order valence-electron chi connectivity index (χ1n) is 9.00. The first-order chi connectivity index (χ1) is 12.0. The summed E-state index contributed by atoms with van der Waals surface area (Å²) in [7, 11) is 0. The van der Waals surface area contributed by atoms with E-state index in [4.69, 9.17) is 8.94 Å². The summed E-state index contributed by atoms with van der Waals surface area (Å²) in [5.41, 5.74) is 1.85. The third kappa shape index (κ3) is 2.99. The van der Waals surface area contributed by atoms with E-state index >= 15 is 0 Å². The number of nitrogens with zero attached hydrogens (tertiary/aromatic N) is 2. The molecule has 25 heavy (non-hydrogen) atoms. The average molecular weight is 344 g/mol. The minimum atomic E-state index is -0.275. The van der Waals surface area contributed by atoms with E-state index < -0.39 is 0 Å². The standard InChI is InChI=1S/C19H24N2O4/c1-11-15(12(2)25-20-11)8-14-6-7-18(24-14)19(23)21-9-13-4-3-5-17(22)16(13)10-21/h6-7,13,16-17,22H,3-5,8-10H2,1-2H3/t13-,16+,17-/m1/s1. The molecule has 0 unspecified atom stereocenters. The Morgan fingerprint density at radius 3 is 2.88 bits per heavy atom. The number of aromatic nitrogens is 1. The fraction of sp³-hybridized carbons (Fsp3) is 0.579. The Morgan fingerprint density at radius 1 is 1.32 bits per heavy atom. The van der Waals surface area contributed by atoms with Crippen LogP contribution < -0.4 is 0 Å². The molecule has 1 N–H and O–H groups in total. The van der Waals surface area contributed by atoms with Crippen LogP contribution in [0.5, 0.6) is 0 Å². The van der Waals surface area contributed by atoms with Crippen LogP contribution >= 0.6 is 0 Å². The number of aliphatic hydroxyl groups is 1. The monoisotopic (exact) mass is 344 g/mol. The third-order valence-corrected chi connectivity index (χ3v) is 5.75. The maximum atomic E-state index is 12.8. The number of aryl methyl sites for hydroxylation is 2. The normalized spacial score (nSPS) is 26.0. The Kier molecular flexibility index (Phi) is 4.15. The lowest BCUT2D eigenvalue weighted by atomic mass is 9.80. The molecule has 2 aliphatic rings. The van der Waals surface area contributed by atoms with E-state index in [2.05, 4.69) is 5.16 Å². The Bertz CT molecular complexity index is 759. The van der Waals surface area contributed by atoms with Gasteiger partial charge in [-0.3, -0.25) is 4.79 Å². The number of hydrogen-bond acceptors (Lipinski definition) is 5. The van der Waals surface area contributed by atoms with Gasteiger partial charge in [-0.05, 0) is 44.7 Å². The Hall–Kier alpha value is -2.08. The zero-order valence-electron chi connectivity index (χ0n) is 14.7. The van der Waals surface area contributed by atoms with E-state index in [-0.39, 0.29) is 17.9 Å². The van der Waals surface area contributed by atoms with Crippen molar-refractivity contribution in [2.75, 3.05) is 13.1 Å². The number of fused-ring (bicyclic) bond motifs is 1. The van der Waals surface area contributed by atoms with Crippen LogP contribution in [0.2, 0.25) is 0 Å². The van der Waals surface area contributed by atoms with E-state index in [1.165, 1.54) is 0 Å². The minimum absolute atomic E-state index is 0.0772. The van der Waals surface area contributed by atoms with Crippen molar-refractivity contribution in [2.24, 2.45) is 11.8 Å². The van der Waals surface area contributed by atoms with Gasteiger partial charge < -0.3 is 18.9 Å². The predicted molar refractivity (Wildman–Crippen MR) is 90.2 cm³/mol. The van der Waals surface area contributed by atoms with Crippen molar-refractivity contribution < 1.29 is 18.8 Å². The summed E-state index contributed by atoms with van der Waals surface area (Å²) in [4.78, 5) is 14.6. The van der Waals surface area contributed by atoms with Crippen LogP contribution in [0.4, 0.5) is 0 Å². The molecule has 1 saturated carbocycles.